The van der Waals surface area contributed by atoms with E-state index in [0.717, 1.165) is 0 Å². The summed E-state index contributed by atoms with van der Waals surface area (Å²) >= 11 is 0. The molecule has 0 bridgehead atoms. The van der Waals surface area contributed by atoms with Gasteiger partial charge >= 0.3 is 0 Å². The van der Waals surface area contributed by atoms with E-state index in [0.29, 0.717) is 17.3 Å². The smallest absolute Gasteiger partial charge is 0.254 e. The van der Waals surface area contributed by atoms with Gasteiger partial charge in [0.25, 0.3) is 5.78 Å². The number of aromatic nitrogens is 4. The summed E-state index contributed by atoms with van der Waals surface area (Å²) < 4.78 is 1.48. The third kappa shape index (κ3) is 3.74. The van der Waals surface area contributed by atoms with Gasteiger partial charge in [-0.2, -0.15) is 14.6 Å². The van der Waals surface area contributed by atoms with Crippen LogP contribution in [0.5, 0.6) is 0 Å². The van der Waals surface area contributed by atoms with E-state index in [2.05, 4.69) is 15.1 Å². The van der Waals surface area contributed by atoms with Crippen LogP contribution in [0.4, 0.5) is 5.82 Å². The number of fused-ring (bicyclic) bond motifs is 1. The van der Waals surface area contributed by atoms with Crippen LogP contribution in [0.3, 0.4) is 0 Å². The molecule has 0 spiro atoms. The summed E-state index contributed by atoms with van der Waals surface area (Å²) in [5, 5.41) is 51.7. The largest absolute Gasteiger partial charge is 0.394 e. The number of aliphatic hydroxyl groups is 5. The molecule has 10 heteroatoms. The van der Waals surface area contributed by atoms with E-state index in [-0.39, 0.29) is 6.54 Å². The van der Waals surface area contributed by atoms with E-state index in [1.54, 1.807) is 24.9 Å². The number of nitrogens with zero attached hydrogens (tertiary/aromatic N) is 5. The van der Waals surface area contributed by atoms with Crippen molar-refractivity contribution in [2.24, 2.45) is 0 Å². The molecule has 0 amide bonds. The minimum Gasteiger partial charge on any atom is -0.394 e. The Hall–Kier alpha value is -1.85. The quantitative estimate of drug-likeness (QED) is 0.366. The highest BCUT2D eigenvalue weighted by Crippen LogP contribution is 2.16. The molecular weight excluding hydrogens is 306 g/mol. The van der Waals surface area contributed by atoms with Crippen LogP contribution in [-0.2, 0) is 0 Å². The second kappa shape index (κ2) is 7.15. The summed E-state index contributed by atoms with van der Waals surface area (Å²) in [6.07, 6.45) is -4.81. The van der Waals surface area contributed by atoms with Crippen molar-refractivity contribution in [2.45, 2.75) is 31.3 Å². The first kappa shape index (κ1) is 17.5. The predicted octanol–water partition coefficient (Wildman–Crippen LogP) is -2.70. The van der Waals surface area contributed by atoms with Crippen LogP contribution in [0, 0.1) is 6.92 Å². The molecule has 0 radical (unpaired) electrons. The summed E-state index contributed by atoms with van der Waals surface area (Å²) in [6, 6.07) is 1.74. The maximum absolute atomic E-state index is 10.1. The SMILES string of the molecule is Cc1cc(N(C)CC(O)C(O)C(O)C(O)CO)n2ncnc2n1. The molecule has 23 heavy (non-hydrogen) atoms. The second-order valence-corrected chi connectivity index (χ2v) is 5.41. The number of aliphatic hydroxyl groups excluding tert-OH is 5. The van der Waals surface area contributed by atoms with Crippen molar-refractivity contribution < 1.29 is 25.5 Å². The van der Waals surface area contributed by atoms with Crippen LogP contribution in [0.2, 0.25) is 0 Å². The summed E-state index contributed by atoms with van der Waals surface area (Å²) in [5.41, 5.74) is 0.707. The summed E-state index contributed by atoms with van der Waals surface area (Å²) in [6.45, 7) is 1.03. The number of likely N-dealkylation sites (N-methyl/N-ethyl adjacent to an activating group) is 1. The van der Waals surface area contributed by atoms with Gasteiger partial charge < -0.3 is 30.4 Å². The molecule has 0 aliphatic rings. The summed E-state index contributed by atoms with van der Waals surface area (Å²) in [4.78, 5) is 9.82. The van der Waals surface area contributed by atoms with E-state index in [1.807, 2.05) is 0 Å². The average molecular weight is 327 g/mol. The molecule has 2 aromatic rings. The fraction of sp³-hybridized carbons (Fsp3) is 0.615. The zero-order chi connectivity index (χ0) is 17.1. The van der Waals surface area contributed by atoms with Gasteiger partial charge in [-0.15, -0.1) is 0 Å². The number of rotatable bonds is 7. The van der Waals surface area contributed by atoms with Crippen molar-refractivity contribution in [2.75, 3.05) is 25.1 Å². The third-order valence-electron chi connectivity index (χ3n) is 3.54. The molecule has 4 unspecified atom stereocenters. The normalized spacial score (nSPS) is 17.0. The summed E-state index contributed by atoms with van der Waals surface area (Å²) in [5.74, 6) is 0.992. The molecule has 0 saturated carbocycles. The van der Waals surface area contributed by atoms with Crippen molar-refractivity contribution >= 4 is 11.6 Å². The lowest BCUT2D eigenvalue weighted by molar-refractivity contribution is -0.112. The number of aryl methyl sites for hydroxylation is 1. The molecule has 0 aliphatic carbocycles. The zero-order valence-electron chi connectivity index (χ0n) is 12.9. The molecule has 10 nitrogen and oxygen atoms in total. The van der Waals surface area contributed by atoms with Gasteiger partial charge in [-0.1, -0.05) is 0 Å². The average Bonchev–Trinajstić information content (AvgIpc) is 2.99. The molecule has 0 aromatic carbocycles. The van der Waals surface area contributed by atoms with Crippen molar-refractivity contribution in [1.29, 1.82) is 0 Å². The van der Waals surface area contributed by atoms with Crippen molar-refractivity contribution in [1.82, 2.24) is 19.6 Å². The first-order valence-electron chi connectivity index (χ1n) is 7.06. The first-order valence-corrected chi connectivity index (χ1v) is 7.06. The fourth-order valence-electron chi connectivity index (χ4n) is 2.23. The Morgan fingerprint density at radius 1 is 1.17 bits per heavy atom. The van der Waals surface area contributed by atoms with Crippen LogP contribution in [0.15, 0.2) is 12.4 Å². The molecular formula is C13H21N5O5. The van der Waals surface area contributed by atoms with Crippen LogP contribution in [0.1, 0.15) is 5.69 Å². The van der Waals surface area contributed by atoms with Crippen LogP contribution < -0.4 is 4.90 Å². The lowest BCUT2D eigenvalue weighted by Crippen LogP contribution is -2.49. The Bertz CT molecular complexity index is 651. The van der Waals surface area contributed by atoms with Gasteiger partial charge in [-0.3, -0.25) is 0 Å². The molecule has 4 atom stereocenters. The van der Waals surface area contributed by atoms with Crippen LogP contribution >= 0.6 is 0 Å². The lowest BCUT2D eigenvalue weighted by Gasteiger charge is -2.29. The molecule has 0 saturated heterocycles. The zero-order valence-corrected chi connectivity index (χ0v) is 12.9. The minimum absolute atomic E-state index is 0.0468. The second-order valence-electron chi connectivity index (χ2n) is 5.41. The Balaban J connectivity index is 2.14. The van der Waals surface area contributed by atoms with E-state index in [1.165, 1.54) is 10.8 Å². The molecule has 128 valence electrons. The fourth-order valence-corrected chi connectivity index (χ4v) is 2.23. The van der Waals surface area contributed by atoms with Crippen molar-refractivity contribution in [3.8, 4) is 0 Å². The minimum atomic E-state index is -1.66. The van der Waals surface area contributed by atoms with Gasteiger partial charge in [0, 0.05) is 25.4 Å². The molecule has 0 aliphatic heterocycles. The van der Waals surface area contributed by atoms with Gasteiger partial charge in [0.15, 0.2) is 0 Å². The molecule has 2 aromatic heterocycles. The van der Waals surface area contributed by atoms with Gasteiger partial charge in [0.05, 0.1) is 12.7 Å². The maximum Gasteiger partial charge on any atom is 0.254 e. The van der Waals surface area contributed by atoms with Crippen molar-refractivity contribution in [3.63, 3.8) is 0 Å². The van der Waals surface area contributed by atoms with Gasteiger partial charge in [0.2, 0.25) is 0 Å². The van der Waals surface area contributed by atoms with Gasteiger partial charge in [-0.25, -0.2) is 4.98 Å². The highest BCUT2D eigenvalue weighted by atomic mass is 16.4. The first-order chi connectivity index (χ1) is 10.8. The van der Waals surface area contributed by atoms with E-state index in [4.69, 9.17) is 5.11 Å². The maximum atomic E-state index is 10.1. The Labute approximate surface area is 132 Å². The van der Waals surface area contributed by atoms with E-state index in [9.17, 15) is 20.4 Å². The highest BCUT2D eigenvalue weighted by Gasteiger charge is 2.31. The van der Waals surface area contributed by atoms with E-state index >= 15 is 0 Å². The van der Waals surface area contributed by atoms with Gasteiger partial charge in [0.1, 0.15) is 30.5 Å². The lowest BCUT2D eigenvalue weighted by atomic mass is 10.0. The topological polar surface area (TPSA) is 147 Å². The van der Waals surface area contributed by atoms with Crippen molar-refractivity contribution in [3.05, 3.63) is 18.1 Å². The Kier molecular flexibility index (Phi) is 5.44. The highest BCUT2D eigenvalue weighted by molar-refractivity contribution is 5.46. The molecule has 5 N–H and O–H groups in total. The standard InChI is InChI=1S/C13H21N5O5/c1-7-3-10(18-13(16-7)14-6-15-18)17(2)4-8(20)11(22)12(23)9(21)5-19/h3,6,8-9,11-12,19-23H,4-5H2,1-2H3. The molecule has 2 rings (SSSR count). The van der Waals surface area contributed by atoms with Crippen LogP contribution in [-0.4, -0.2) is 89.7 Å². The summed E-state index contributed by atoms with van der Waals surface area (Å²) in [7, 11) is 1.67. The molecule has 2 heterocycles. The number of hydrogen-bond donors (Lipinski definition) is 5. The molecule has 0 fully saturated rings. The van der Waals surface area contributed by atoms with E-state index < -0.39 is 31.0 Å². The Morgan fingerprint density at radius 2 is 1.83 bits per heavy atom. The monoisotopic (exact) mass is 327 g/mol. The Morgan fingerprint density at radius 3 is 2.48 bits per heavy atom. The van der Waals surface area contributed by atoms with Crippen LogP contribution in [0.25, 0.3) is 5.78 Å². The predicted molar refractivity (Wildman–Crippen MR) is 79.9 cm³/mol. The number of hydrogen-bond acceptors (Lipinski definition) is 9. The van der Waals surface area contributed by atoms with Gasteiger partial charge in [-0.05, 0) is 6.92 Å². The number of anilines is 1. The third-order valence-corrected chi connectivity index (χ3v) is 3.54.